The Kier molecular flexibility index (Phi) is 5.65. The fourth-order valence-corrected chi connectivity index (χ4v) is 4.10. The molecular weight excluding hydrogens is 362 g/mol. The van der Waals surface area contributed by atoms with Gasteiger partial charge >= 0.3 is 0 Å². The molecule has 1 atom stereocenters. The van der Waals surface area contributed by atoms with Crippen LogP contribution in [0.3, 0.4) is 0 Å². The largest absolute Gasteiger partial charge is 0.361 e. The standard InChI is InChI=1S/C24H27N3O2/c1-17(18-7-3-2-4-8-18)26-24(29)19-11-13-27(14-12-19)23(28)15-20-16-25-22-10-6-5-9-21(20)22/h2-10,16-17,19,25H,11-15H2,1H3,(H,26,29). The molecule has 2 amide bonds. The summed E-state index contributed by atoms with van der Waals surface area (Å²) in [4.78, 5) is 30.5. The van der Waals surface area contributed by atoms with Gasteiger partial charge in [0.2, 0.25) is 11.8 Å². The van der Waals surface area contributed by atoms with E-state index in [-0.39, 0.29) is 23.8 Å². The van der Waals surface area contributed by atoms with Gasteiger partial charge in [0.1, 0.15) is 0 Å². The molecule has 1 saturated heterocycles. The SMILES string of the molecule is CC(NC(=O)C1CCN(C(=O)Cc2c[nH]c3ccccc23)CC1)c1ccccc1. The van der Waals surface area contributed by atoms with Crippen molar-refractivity contribution in [2.45, 2.75) is 32.2 Å². The smallest absolute Gasteiger partial charge is 0.227 e. The fourth-order valence-electron chi connectivity index (χ4n) is 4.10. The summed E-state index contributed by atoms with van der Waals surface area (Å²) in [6.45, 7) is 3.28. The summed E-state index contributed by atoms with van der Waals surface area (Å²) in [5.74, 6) is 0.189. The van der Waals surface area contributed by atoms with Gasteiger partial charge in [-0.05, 0) is 37.0 Å². The molecule has 2 N–H and O–H groups in total. The number of para-hydroxylation sites is 1. The van der Waals surface area contributed by atoms with Crippen LogP contribution in [0.2, 0.25) is 0 Å². The maximum atomic E-state index is 12.8. The molecule has 1 unspecified atom stereocenters. The Balaban J connectivity index is 1.29. The minimum atomic E-state index is -0.0294. The maximum Gasteiger partial charge on any atom is 0.227 e. The molecule has 1 fully saturated rings. The second kappa shape index (κ2) is 8.52. The normalized spacial score (nSPS) is 16.0. The first-order valence-electron chi connectivity index (χ1n) is 10.3. The number of H-pyrrole nitrogens is 1. The third-order valence-corrected chi connectivity index (χ3v) is 5.89. The van der Waals surface area contributed by atoms with E-state index in [0.29, 0.717) is 32.4 Å². The highest BCUT2D eigenvalue weighted by atomic mass is 16.2. The number of piperidine rings is 1. The Morgan fingerprint density at radius 1 is 1.07 bits per heavy atom. The van der Waals surface area contributed by atoms with Crippen LogP contribution in [0.1, 0.15) is 36.9 Å². The molecule has 1 aliphatic rings. The van der Waals surface area contributed by atoms with Gasteiger partial charge in [0, 0.05) is 36.1 Å². The van der Waals surface area contributed by atoms with Crippen LogP contribution in [0.25, 0.3) is 10.9 Å². The van der Waals surface area contributed by atoms with E-state index in [1.54, 1.807) is 0 Å². The van der Waals surface area contributed by atoms with E-state index in [2.05, 4.69) is 10.3 Å². The quantitative estimate of drug-likeness (QED) is 0.697. The lowest BCUT2D eigenvalue weighted by atomic mass is 9.94. The highest BCUT2D eigenvalue weighted by Gasteiger charge is 2.28. The van der Waals surface area contributed by atoms with E-state index in [9.17, 15) is 9.59 Å². The summed E-state index contributed by atoms with van der Waals surface area (Å²) in [5, 5.41) is 4.22. The summed E-state index contributed by atoms with van der Waals surface area (Å²) >= 11 is 0. The molecular formula is C24H27N3O2. The number of hydrogen-bond donors (Lipinski definition) is 2. The van der Waals surface area contributed by atoms with Gasteiger partial charge in [0.25, 0.3) is 0 Å². The minimum Gasteiger partial charge on any atom is -0.361 e. The van der Waals surface area contributed by atoms with E-state index in [1.807, 2.05) is 72.6 Å². The number of fused-ring (bicyclic) bond motifs is 1. The van der Waals surface area contributed by atoms with Crippen LogP contribution in [-0.2, 0) is 16.0 Å². The van der Waals surface area contributed by atoms with Gasteiger partial charge in [-0.1, -0.05) is 48.5 Å². The van der Waals surface area contributed by atoms with E-state index in [0.717, 1.165) is 22.0 Å². The number of carbonyl (C=O) groups excluding carboxylic acids is 2. The van der Waals surface area contributed by atoms with Crippen molar-refractivity contribution in [2.24, 2.45) is 5.92 Å². The van der Waals surface area contributed by atoms with Crippen LogP contribution < -0.4 is 5.32 Å². The highest BCUT2D eigenvalue weighted by Crippen LogP contribution is 2.22. The van der Waals surface area contributed by atoms with Crippen LogP contribution in [0, 0.1) is 5.92 Å². The number of nitrogens with zero attached hydrogens (tertiary/aromatic N) is 1. The molecule has 5 heteroatoms. The van der Waals surface area contributed by atoms with Crippen molar-refractivity contribution in [3.63, 3.8) is 0 Å². The van der Waals surface area contributed by atoms with Crippen molar-refractivity contribution in [1.82, 2.24) is 15.2 Å². The van der Waals surface area contributed by atoms with E-state index in [4.69, 9.17) is 0 Å². The second-order valence-corrected chi connectivity index (χ2v) is 7.83. The molecule has 150 valence electrons. The van der Waals surface area contributed by atoms with Crippen LogP contribution in [0.4, 0.5) is 0 Å². The van der Waals surface area contributed by atoms with E-state index < -0.39 is 0 Å². The number of benzene rings is 2. The Labute approximate surface area is 171 Å². The highest BCUT2D eigenvalue weighted by molar-refractivity contribution is 5.89. The average Bonchev–Trinajstić information content (AvgIpc) is 3.17. The summed E-state index contributed by atoms with van der Waals surface area (Å²) in [6.07, 6.45) is 3.75. The number of carbonyl (C=O) groups is 2. The van der Waals surface area contributed by atoms with Crippen LogP contribution >= 0.6 is 0 Å². The molecule has 5 nitrogen and oxygen atoms in total. The number of rotatable bonds is 5. The van der Waals surface area contributed by atoms with Gasteiger partial charge in [-0.25, -0.2) is 0 Å². The van der Waals surface area contributed by atoms with Crippen molar-refractivity contribution < 1.29 is 9.59 Å². The van der Waals surface area contributed by atoms with Crippen LogP contribution in [0.5, 0.6) is 0 Å². The lowest BCUT2D eigenvalue weighted by Gasteiger charge is -2.32. The first-order chi connectivity index (χ1) is 14.1. The molecule has 1 aromatic heterocycles. The molecule has 0 radical (unpaired) electrons. The topological polar surface area (TPSA) is 65.2 Å². The molecule has 0 bridgehead atoms. The van der Waals surface area contributed by atoms with E-state index in [1.165, 1.54) is 0 Å². The average molecular weight is 389 g/mol. The van der Waals surface area contributed by atoms with Gasteiger partial charge in [0.15, 0.2) is 0 Å². The molecule has 0 spiro atoms. The zero-order chi connectivity index (χ0) is 20.2. The van der Waals surface area contributed by atoms with Crippen LogP contribution in [-0.4, -0.2) is 34.8 Å². The first-order valence-corrected chi connectivity index (χ1v) is 10.3. The molecule has 0 aliphatic carbocycles. The number of aromatic amines is 1. The molecule has 29 heavy (non-hydrogen) atoms. The maximum absolute atomic E-state index is 12.8. The summed E-state index contributed by atoms with van der Waals surface area (Å²) in [5.41, 5.74) is 3.19. The lowest BCUT2D eigenvalue weighted by molar-refractivity contribution is -0.135. The third kappa shape index (κ3) is 4.34. The summed E-state index contributed by atoms with van der Waals surface area (Å²) in [7, 11) is 0. The lowest BCUT2D eigenvalue weighted by Crippen LogP contribution is -2.43. The van der Waals surface area contributed by atoms with Crippen molar-refractivity contribution in [3.05, 3.63) is 71.9 Å². The molecule has 0 saturated carbocycles. The predicted molar refractivity (Wildman–Crippen MR) is 114 cm³/mol. The van der Waals surface area contributed by atoms with Gasteiger partial charge < -0.3 is 15.2 Å². The summed E-state index contributed by atoms with van der Waals surface area (Å²) < 4.78 is 0. The van der Waals surface area contributed by atoms with Gasteiger partial charge in [0.05, 0.1) is 12.5 Å². The van der Waals surface area contributed by atoms with Crippen LogP contribution in [0.15, 0.2) is 60.8 Å². The predicted octanol–water partition coefficient (Wildman–Crippen LogP) is 3.83. The number of aromatic nitrogens is 1. The van der Waals surface area contributed by atoms with Crippen molar-refractivity contribution in [3.8, 4) is 0 Å². The molecule has 2 aromatic carbocycles. The van der Waals surface area contributed by atoms with Gasteiger partial charge in [-0.2, -0.15) is 0 Å². The first kappa shape index (κ1) is 19.2. The zero-order valence-corrected chi connectivity index (χ0v) is 16.7. The number of amides is 2. The third-order valence-electron chi connectivity index (χ3n) is 5.89. The summed E-state index contributed by atoms with van der Waals surface area (Å²) in [6, 6.07) is 18.0. The minimum absolute atomic E-state index is 0.00904. The Morgan fingerprint density at radius 3 is 2.52 bits per heavy atom. The Bertz CT molecular complexity index is 988. The second-order valence-electron chi connectivity index (χ2n) is 7.83. The van der Waals surface area contributed by atoms with Crippen molar-refractivity contribution in [2.75, 3.05) is 13.1 Å². The molecule has 2 heterocycles. The molecule has 3 aromatic rings. The molecule has 1 aliphatic heterocycles. The fraction of sp³-hybridized carbons (Fsp3) is 0.333. The Hall–Kier alpha value is -3.08. The van der Waals surface area contributed by atoms with Crippen molar-refractivity contribution >= 4 is 22.7 Å². The number of likely N-dealkylation sites (tertiary alicyclic amines) is 1. The number of hydrogen-bond acceptors (Lipinski definition) is 2. The number of nitrogens with one attached hydrogen (secondary N) is 2. The van der Waals surface area contributed by atoms with Crippen molar-refractivity contribution in [1.29, 1.82) is 0 Å². The van der Waals surface area contributed by atoms with Gasteiger partial charge in [-0.3, -0.25) is 9.59 Å². The zero-order valence-electron chi connectivity index (χ0n) is 16.7. The van der Waals surface area contributed by atoms with Gasteiger partial charge in [-0.15, -0.1) is 0 Å². The molecule has 4 rings (SSSR count). The Morgan fingerprint density at radius 2 is 1.76 bits per heavy atom. The van der Waals surface area contributed by atoms with E-state index >= 15 is 0 Å². The monoisotopic (exact) mass is 389 g/mol.